The van der Waals surface area contributed by atoms with Crippen LogP contribution in [0.4, 0.5) is 0 Å². The predicted molar refractivity (Wildman–Crippen MR) is 84.3 cm³/mol. The van der Waals surface area contributed by atoms with E-state index in [2.05, 4.69) is 10.3 Å². The number of likely N-dealkylation sites (tertiary alicyclic amines) is 1. The standard InChI is InChI=1S/C16H25N3O3/c1-4-14(20)18-16-11(2)7-12(8-17-16)5-6-15(21)19-9-13(10-19)22-3/h8,11,13H,4-7,9-10H2,1-3H3,(H,17,18,20). The second kappa shape index (κ2) is 7.54. The molecule has 6 heteroatoms. The van der Waals surface area contributed by atoms with Crippen LogP contribution in [0.2, 0.25) is 0 Å². The van der Waals surface area contributed by atoms with Gasteiger partial charge in [0.15, 0.2) is 0 Å². The molecule has 2 amide bonds. The van der Waals surface area contributed by atoms with Crippen LogP contribution in [0.15, 0.2) is 16.8 Å². The topological polar surface area (TPSA) is 71.0 Å². The molecule has 122 valence electrons. The van der Waals surface area contributed by atoms with Crippen LogP contribution in [0.5, 0.6) is 0 Å². The molecule has 1 N–H and O–H groups in total. The van der Waals surface area contributed by atoms with Gasteiger partial charge in [0.25, 0.3) is 0 Å². The van der Waals surface area contributed by atoms with Crippen molar-refractivity contribution in [1.82, 2.24) is 10.2 Å². The molecule has 0 aromatic carbocycles. The molecule has 0 radical (unpaired) electrons. The van der Waals surface area contributed by atoms with E-state index in [1.54, 1.807) is 13.3 Å². The normalized spacial score (nSPS) is 21.8. The lowest BCUT2D eigenvalue weighted by atomic mass is 9.94. The third kappa shape index (κ3) is 4.16. The summed E-state index contributed by atoms with van der Waals surface area (Å²) >= 11 is 0. The van der Waals surface area contributed by atoms with Crippen LogP contribution < -0.4 is 5.32 Å². The molecule has 1 unspecified atom stereocenters. The number of allylic oxidation sites excluding steroid dienone is 1. The van der Waals surface area contributed by atoms with Crippen molar-refractivity contribution in [3.63, 3.8) is 0 Å². The number of amides is 2. The number of amidine groups is 1. The van der Waals surface area contributed by atoms with Crippen LogP contribution >= 0.6 is 0 Å². The Labute approximate surface area is 131 Å². The van der Waals surface area contributed by atoms with E-state index in [0.29, 0.717) is 25.9 Å². The van der Waals surface area contributed by atoms with Crippen LogP contribution in [0, 0.1) is 5.92 Å². The lowest BCUT2D eigenvalue weighted by molar-refractivity contribution is -0.142. The third-order valence-corrected chi connectivity index (χ3v) is 4.20. The molecule has 22 heavy (non-hydrogen) atoms. The van der Waals surface area contributed by atoms with Gasteiger partial charge in [-0.3, -0.25) is 9.59 Å². The fourth-order valence-corrected chi connectivity index (χ4v) is 2.60. The number of nitrogens with zero attached hydrogens (tertiary/aromatic N) is 2. The number of carbonyl (C=O) groups excluding carboxylic acids is 2. The monoisotopic (exact) mass is 307 g/mol. The lowest BCUT2D eigenvalue weighted by Crippen LogP contribution is -2.54. The number of hydrogen-bond acceptors (Lipinski definition) is 4. The predicted octanol–water partition coefficient (Wildman–Crippen LogP) is 1.47. The van der Waals surface area contributed by atoms with Gasteiger partial charge in [0, 0.05) is 45.2 Å². The number of carbonyl (C=O) groups is 2. The molecule has 0 aliphatic carbocycles. The fraction of sp³-hybridized carbons (Fsp3) is 0.688. The molecule has 0 aromatic rings. The molecular weight excluding hydrogens is 282 g/mol. The quantitative estimate of drug-likeness (QED) is 0.836. The van der Waals surface area contributed by atoms with Gasteiger partial charge >= 0.3 is 0 Å². The summed E-state index contributed by atoms with van der Waals surface area (Å²) in [7, 11) is 1.67. The van der Waals surface area contributed by atoms with Gasteiger partial charge in [-0.2, -0.15) is 0 Å². The van der Waals surface area contributed by atoms with E-state index < -0.39 is 0 Å². The van der Waals surface area contributed by atoms with Crippen molar-refractivity contribution >= 4 is 17.6 Å². The molecule has 0 spiro atoms. The number of nitrogens with one attached hydrogen (secondary N) is 1. The van der Waals surface area contributed by atoms with Crippen molar-refractivity contribution in [2.24, 2.45) is 10.9 Å². The maximum absolute atomic E-state index is 12.0. The molecule has 1 fully saturated rings. The number of methoxy groups -OCH3 is 1. The average Bonchev–Trinajstić information content (AvgIpc) is 2.46. The summed E-state index contributed by atoms with van der Waals surface area (Å²) in [5.41, 5.74) is 1.17. The van der Waals surface area contributed by atoms with Gasteiger partial charge in [-0.15, -0.1) is 0 Å². The SMILES string of the molecule is CCC(=O)NC1=NC=C(CCC(=O)N2CC(OC)C2)CC1C. The Kier molecular flexibility index (Phi) is 5.71. The molecule has 6 nitrogen and oxygen atoms in total. The fourth-order valence-electron chi connectivity index (χ4n) is 2.60. The summed E-state index contributed by atoms with van der Waals surface area (Å²) in [5.74, 6) is 1.08. The van der Waals surface area contributed by atoms with Crippen molar-refractivity contribution in [2.75, 3.05) is 20.2 Å². The molecule has 2 aliphatic heterocycles. The van der Waals surface area contributed by atoms with Crippen LogP contribution in [0.25, 0.3) is 0 Å². The zero-order chi connectivity index (χ0) is 16.1. The van der Waals surface area contributed by atoms with E-state index in [1.165, 1.54) is 5.57 Å². The lowest BCUT2D eigenvalue weighted by Gasteiger charge is -2.38. The molecular formula is C16H25N3O3. The zero-order valence-corrected chi connectivity index (χ0v) is 13.6. The molecule has 2 rings (SSSR count). The van der Waals surface area contributed by atoms with Gasteiger partial charge in [0.1, 0.15) is 5.84 Å². The van der Waals surface area contributed by atoms with E-state index in [-0.39, 0.29) is 23.8 Å². The van der Waals surface area contributed by atoms with E-state index in [0.717, 1.165) is 18.7 Å². The minimum absolute atomic E-state index is 0.0110. The molecule has 0 saturated carbocycles. The first-order valence-electron chi connectivity index (χ1n) is 7.89. The largest absolute Gasteiger partial charge is 0.378 e. The molecule has 0 aromatic heterocycles. The zero-order valence-electron chi connectivity index (χ0n) is 13.6. The Morgan fingerprint density at radius 1 is 1.45 bits per heavy atom. The highest BCUT2D eigenvalue weighted by Crippen LogP contribution is 2.23. The molecule has 2 heterocycles. The van der Waals surface area contributed by atoms with Crippen molar-refractivity contribution in [1.29, 1.82) is 0 Å². The molecule has 1 atom stereocenters. The van der Waals surface area contributed by atoms with Crippen LogP contribution in [0.3, 0.4) is 0 Å². The van der Waals surface area contributed by atoms with Gasteiger partial charge < -0.3 is 15.0 Å². The number of ether oxygens (including phenoxy) is 1. The van der Waals surface area contributed by atoms with Crippen LogP contribution in [-0.4, -0.2) is 48.9 Å². The number of hydrogen-bond donors (Lipinski definition) is 1. The van der Waals surface area contributed by atoms with Crippen molar-refractivity contribution in [3.8, 4) is 0 Å². The van der Waals surface area contributed by atoms with Crippen molar-refractivity contribution in [2.45, 2.75) is 45.6 Å². The summed E-state index contributed by atoms with van der Waals surface area (Å²) in [6.45, 7) is 5.27. The smallest absolute Gasteiger partial charge is 0.225 e. The Bertz CT molecular complexity index is 493. The number of aliphatic imine (C=N–C) groups is 1. The Morgan fingerprint density at radius 3 is 2.77 bits per heavy atom. The molecule has 2 aliphatic rings. The van der Waals surface area contributed by atoms with Gasteiger partial charge in [0.2, 0.25) is 11.8 Å². The van der Waals surface area contributed by atoms with E-state index in [1.807, 2.05) is 18.7 Å². The van der Waals surface area contributed by atoms with Gasteiger partial charge in [-0.1, -0.05) is 19.4 Å². The van der Waals surface area contributed by atoms with Gasteiger partial charge in [-0.05, 0) is 12.8 Å². The minimum atomic E-state index is -0.0110. The average molecular weight is 307 g/mol. The van der Waals surface area contributed by atoms with Gasteiger partial charge in [0.05, 0.1) is 6.10 Å². The maximum atomic E-state index is 12.0. The summed E-state index contributed by atoms with van der Waals surface area (Å²) < 4.78 is 5.17. The van der Waals surface area contributed by atoms with E-state index in [9.17, 15) is 9.59 Å². The summed E-state index contributed by atoms with van der Waals surface area (Å²) in [4.78, 5) is 29.6. The summed E-state index contributed by atoms with van der Waals surface area (Å²) in [6, 6.07) is 0. The Hall–Kier alpha value is -1.69. The van der Waals surface area contributed by atoms with Crippen LogP contribution in [-0.2, 0) is 14.3 Å². The maximum Gasteiger partial charge on any atom is 0.225 e. The second-order valence-electron chi connectivity index (χ2n) is 5.97. The summed E-state index contributed by atoms with van der Waals surface area (Å²) in [6.07, 6.45) is 4.54. The summed E-state index contributed by atoms with van der Waals surface area (Å²) in [5, 5.41) is 2.83. The Balaban J connectivity index is 1.79. The van der Waals surface area contributed by atoms with Crippen molar-refractivity contribution < 1.29 is 14.3 Å². The first kappa shape index (κ1) is 16.7. The van der Waals surface area contributed by atoms with Crippen molar-refractivity contribution in [3.05, 3.63) is 11.8 Å². The highest BCUT2D eigenvalue weighted by atomic mass is 16.5. The van der Waals surface area contributed by atoms with Gasteiger partial charge in [-0.25, -0.2) is 4.99 Å². The van der Waals surface area contributed by atoms with E-state index in [4.69, 9.17) is 4.74 Å². The molecule has 0 bridgehead atoms. The Morgan fingerprint density at radius 2 is 2.18 bits per heavy atom. The number of rotatable bonds is 5. The second-order valence-corrected chi connectivity index (χ2v) is 5.97. The first-order chi connectivity index (χ1) is 10.5. The van der Waals surface area contributed by atoms with E-state index >= 15 is 0 Å². The first-order valence-corrected chi connectivity index (χ1v) is 7.89. The minimum Gasteiger partial charge on any atom is -0.378 e. The van der Waals surface area contributed by atoms with Crippen LogP contribution in [0.1, 0.15) is 39.5 Å². The molecule has 1 saturated heterocycles. The highest BCUT2D eigenvalue weighted by molar-refractivity contribution is 5.99. The third-order valence-electron chi connectivity index (χ3n) is 4.20. The highest BCUT2D eigenvalue weighted by Gasteiger charge is 2.30.